The molecule has 4 nitrogen and oxygen atoms in total. The minimum atomic E-state index is -0.0460. The maximum atomic E-state index is 12.9. The van der Waals surface area contributed by atoms with Gasteiger partial charge in [0.1, 0.15) is 0 Å². The zero-order valence-corrected chi connectivity index (χ0v) is 12.7. The Bertz CT molecular complexity index is 501. The van der Waals surface area contributed by atoms with Crippen molar-refractivity contribution in [3.63, 3.8) is 0 Å². The van der Waals surface area contributed by atoms with Crippen molar-refractivity contribution in [2.75, 3.05) is 26.2 Å². The van der Waals surface area contributed by atoms with E-state index in [1.165, 1.54) is 11.1 Å². The molecule has 2 aliphatic heterocycles. The van der Waals surface area contributed by atoms with Gasteiger partial charge in [-0.15, -0.1) is 0 Å². The highest BCUT2D eigenvalue weighted by Gasteiger charge is 2.32. The van der Waals surface area contributed by atoms with Crippen molar-refractivity contribution in [3.05, 3.63) is 35.4 Å². The van der Waals surface area contributed by atoms with Gasteiger partial charge in [0, 0.05) is 32.8 Å². The SMILES string of the molecule is CCOC1CCCN(C(=O)C2CNCc3ccccc32)C1. The molecule has 21 heavy (non-hydrogen) atoms. The summed E-state index contributed by atoms with van der Waals surface area (Å²) in [7, 11) is 0. The van der Waals surface area contributed by atoms with Crippen LogP contribution in [-0.2, 0) is 16.1 Å². The number of hydrogen-bond acceptors (Lipinski definition) is 3. The van der Waals surface area contributed by atoms with Crippen LogP contribution in [0.1, 0.15) is 36.8 Å². The van der Waals surface area contributed by atoms with Crippen LogP contribution in [0.3, 0.4) is 0 Å². The summed E-state index contributed by atoms with van der Waals surface area (Å²) in [6.45, 7) is 5.95. The summed E-state index contributed by atoms with van der Waals surface area (Å²) in [6, 6.07) is 8.28. The smallest absolute Gasteiger partial charge is 0.231 e. The van der Waals surface area contributed by atoms with Crippen LogP contribution in [0.5, 0.6) is 0 Å². The summed E-state index contributed by atoms with van der Waals surface area (Å²) in [5.74, 6) is 0.203. The number of rotatable bonds is 3. The van der Waals surface area contributed by atoms with Gasteiger partial charge in [0.15, 0.2) is 0 Å². The highest BCUT2D eigenvalue weighted by atomic mass is 16.5. The molecule has 0 aromatic heterocycles. The molecule has 2 atom stereocenters. The van der Waals surface area contributed by atoms with Gasteiger partial charge in [-0.25, -0.2) is 0 Å². The number of likely N-dealkylation sites (tertiary alicyclic amines) is 1. The number of nitrogens with zero attached hydrogens (tertiary/aromatic N) is 1. The fourth-order valence-corrected chi connectivity index (χ4v) is 3.45. The molecule has 1 saturated heterocycles. The Hall–Kier alpha value is -1.39. The van der Waals surface area contributed by atoms with Gasteiger partial charge in [0.05, 0.1) is 12.0 Å². The Morgan fingerprint density at radius 1 is 1.43 bits per heavy atom. The molecule has 0 spiro atoms. The van der Waals surface area contributed by atoms with E-state index in [4.69, 9.17) is 4.74 Å². The van der Waals surface area contributed by atoms with E-state index in [0.717, 1.165) is 45.6 Å². The van der Waals surface area contributed by atoms with Gasteiger partial charge in [0.2, 0.25) is 5.91 Å². The Balaban J connectivity index is 1.74. The summed E-state index contributed by atoms with van der Waals surface area (Å²) < 4.78 is 5.71. The standard InChI is InChI=1S/C17H24N2O2/c1-2-21-14-7-5-9-19(12-14)17(20)16-11-18-10-13-6-3-4-8-15(13)16/h3-4,6,8,14,16,18H,2,5,7,9-12H2,1H3. The van der Waals surface area contributed by atoms with Crippen LogP contribution in [0.15, 0.2) is 24.3 Å². The highest BCUT2D eigenvalue weighted by molar-refractivity contribution is 5.85. The topological polar surface area (TPSA) is 41.6 Å². The van der Waals surface area contributed by atoms with Gasteiger partial charge in [-0.1, -0.05) is 24.3 Å². The fourth-order valence-electron chi connectivity index (χ4n) is 3.45. The van der Waals surface area contributed by atoms with Crippen molar-refractivity contribution in [3.8, 4) is 0 Å². The first-order valence-corrected chi connectivity index (χ1v) is 7.98. The Morgan fingerprint density at radius 2 is 2.29 bits per heavy atom. The lowest BCUT2D eigenvalue weighted by Crippen LogP contribution is -2.47. The monoisotopic (exact) mass is 288 g/mol. The normalized spacial score (nSPS) is 25.5. The average molecular weight is 288 g/mol. The second kappa shape index (κ2) is 6.58. The lowest BCUT2D eigenvalue weighted by Gasteiger charge is -2.36. The van der Waals surface area contributed by atoms with Gasteiger partial charge < -0.3 is 15.0 Å². The first-order chi connectivity index (χ1) is 10.3. The Morgan fingerprint density at radius 3 is 3.14 bits per heavy atom. The molecule has 4 heteroatoms. The average Bonchev–Trinajstić information content (AvgIpc) is 2.54. The molecule has 2 unspecified atom stereocenters. The van der Waals surface area contributed by atoms with E-state index in [1.807, 2.05) is 24.0 Å². The zero-order chi connectivity index (χ0) is 14.7. The molecule has 2 aliphatic rings. The maximum Gasteiger partial charge on any atom is 0.231 e. The molecule has 1 N–H and O–H groups in total. The molecule has 0 radical (unpaired) electrons. The predicted molar refractivity (Wildman–Crippen MR) is 82.1 cm³/mol. The first kappa shape index (κ1) is 14.5. The number of ether oxygens (including phenoxy) is 1. The molecule has 0 bridgehead atoms. The summed E-state index contributed by atoms with van der Waals surface area (Å²) in [5, 5.41) is 3.37. The van der Waals surface area contributed by atoms with E-state index in [0.29, 0.717) is 0 Å². The molecule has 1 aromatic carbocycles. The third-order valence-corrected chi connectivity index (χ3v) is 4.48. The summed E-state index contributed by atoms with van der Waals surface area (Å²) in [6.07, 6.45) is 2.31. The predicted octanol–water partition coefficient (Wildman–Crippen LogP) is 1.90. The second-order valence-electron chi connectivity index (χ2n) is 5.89. The maximum absolute atomic E-state index is 12.9. The lowest BCUT2D eigenvalue weighted by molar-refractivity contribution is -0.137. The Kier molecular flexibility index (Phi) is 4.56. The van der Waals surface area contributed by atoms with Crippen molar-refractivity contribution >= 4 is 5.91 Å². The molecule has 3 rings (SSSR count). The van der Waals surface area contributed by atoms with Gasteiger partial charge in [-0.3, -0.25) is 4.79 Å². The second-order valence-corrected chi connectivity index (χ2v) is 5.89. The van der Waals surface area contributed by atoms with E-state index < -0.39 is 0 Å². The van der Waals surface area contributed by atoms with E-state index in [9.17, 15) is 4.79 Å². The highest BCUT2D eigenvalue weighted by Crippen LogP contribution is 2.27. The third kappa shape index (κ3) is 3.11. The number of benzene rings is 1. The minimum absolute atomic E-state index is 0.0460. The van der Waals surface area contributed by atoms with Crippen molar-refractivity contribution in [1.82, 2.24) is 10.2 Å². The van der Waals surface area contributed by atoms with Gasteiger partial charge in [0.25, 0.3) is 0 Å². The zero-order valence-electron chi connectivity index (χ0n) is 12.7. The van der Waals surface area contributed by atoms with Crippen LogP contribution in [-0.4, -0.2) is 43.2 Å². The largest absolute Gasteiger partial charge is 0.377 e. The van der Waals surface area contributed by atoms with Crippen LogP contribution < -0.4 is 5.32 Å². The molecular weight excluding hydrogens is 264 g/mol. The molecule has 1 amide bonds. The van der Waals surface area contributed by atoms with Gasteiger partial charge in [-0.05, 0) is 30.9 Å². The van der Waals surface area contributed by atoms with Crippen molar-refractivity contribution in [2.24, 2.45) is 0 Å². The Labute approximate surface area is 126 Å². The molecular formula is C17H24N2O2. The molecule has 0 aliphatic carbocycles. The van der Waals surface area contributed by atoms with Crippen LogP contribution in [0, 0.1) is 0 Å². The van der Waals surface area contributed by atoms with Crippen molar-refractivity contribution in [1.29, 1.82) is 0 Å². The summed E-state index contributed by atoms with van der Waals surface area (Å²) in [4.78, 5) is 14.9. The van der Waals surface area contributed by atoms with Crippen molar-refractivity contribution in [2.45, 2.75) is 38.3 Å². The number of nitrogens with one attached hydrogen (secondary N) is 1. The number of fused-ring (bicyclic) bond motifs is 1. The quantitative estimate of drug-likeness (QED) is 0.923. The molecule has 114 valence electrons. The molecule has 1 aromatic rings. The summed E-state index contributed by atoms with van der Waals surface area (Å²) in [5.41, 5.74) is 2.44. The van der Waals surface area contributed by atoms with E-state index in [-0.39, 0.29) is 17.9 Å². The molecule has 0 saturated carbocycles. The van der Waals surface area contributed by atoms with Crippen LogP contribution in [0.2, 0.25) is 0 Å². The molecule has 2 heterocycles. The van der Waals surface area contributed by atoms with E-state index in [1.54, 1.807) is 0 Å². The third-order valence-electron chi connectivity index (χ3n) is 4.48. The summed E-state index contributed by atoms with van der Waals surface area (Å²) >= 11 is 0. The number of carbonyl (C=O) groups excluding carboxylic acids is 1. The van der Waals surface area contributed by atoms with Crippen LogP contribution in [0.25, 0.3) is 0 Å². The van der Waals surface area contributed by atoms with Crippen molar-refractivity contribution < 1.29 is 9.53 Å². The van der Waals surface area contributed by atoms with E-state index >= 15 is 0 Å². The van der Waals surface area contributed by atoms with Crippen LogP contribution in [0.4, 0.5) is 0 Å². The number of amides is 1. The minimum Gasteiger partial charge on any atom is -0.377 e. The fraction of sp³-hybridized carbons (Fsp3) is 0.588. The number of hydrogen-bond donors (Lipinski definition) is 1. The first-order valence-electron chi connectivity index (χ1n) is 7.98. The van der Waals surface area contributed by atoms with Gasteiger partial charge in [-0.2, -0.15) is 0 Å². The molecule has 1 fully saturated rings. The number of piperidine rings is 1. The number of carbonyl (C=O) groups is 1. The van der Waals surface area contributed by atoms with E-state index in [2.05, 4.69) is 17.4 Å². The van der Waals surface area contributed by atoms with Crippen LogP contribution >= 0.6 is 0 Å². The van der Waals surface area contributed by atoms with Gasteiger partial charge >= 0.3 is 0 Å². The lowest BCUT2D eigenvalue weighted by atomic mass is 9.89.